The summed E-state index contributed by atoms with van der Waals surface area (Å²) in [5.41, 5.74) is 0. The van der Waals surface area contributed by atoms with Crippen LogP contribution in [-0.2, 0) is 0 Å². The average molecular weight is 131 g/mol. The summed E-state index contributed by atoms with van der Waals surface area (Å²) in [6.07, 6.45) is -5.40. The molecule has 0 aromatic carbocycles. The maximum absolute atomic E-state index is 10.9. The molecule has 5 heteroatoms. The number of allylic oxidation sites excluding steroid dienone is 1. The molecule has 0 fully saturated rings. The minimum absolute atomic E-state index is 0.170. The Hall–Kier alpha value is -0.610. The van der Waals surface area contributed by atoms with Crippen LogP contribution < -0.4 is 0 Å². The van der Waals surface area contributed by atoms with E-state index in [1.807, 2.05) is 0 Å². The van der Waals surface area contributed by atoms with Crippen molar-refractivity contribution < 1.29 is 22.0 Å². The van der Waals surface area contributed by atoms with Crippen LogP contribution in [0.3, 0.4) is 0 Å². The molecule has 0 atom stereocenters. The van der Waals surface area contributed by atoms with Crippen molar-refractivity contribution in [2.24, 2.45) is 0 Å². The van der Waals surface area contributed by atoms with E-state index in [1.165, 1.54) is 0 Å². The quantitative estimate of drug-likeness (QED) is 0.349. The fraction of sp³-hybridized carbons (Fsp3) is 0.333. The molecule has 0 N–H and O–H groups in total. The van der Waals surface area contributed by atoms with Crippen LogP contribution in [0.4, 0.5) is 22.0 Å². The van der Waals surface area contributed by atoms with Gasteiger partial charge in [0.2, 0.25) is 0 Å². The van der Waals surface area contributed by atoms with Crippen LogP contribution in [0.15, 0.2) is 5.83 Å². The van der Waals surface area contributed by atoms with Gasteiger partial charge in [-0.05, 0) is 0 Å². The third-order valence-corrected chi connectivity index (χ3v) is 0.332. The van der Waals surface area contributed by atoms with E-state index in [0.717, 1.165) is 0 Å². The van der Waals surface area contributed by atoms with Crippen LogP contribution >= 0.6 is 0 Å². The van der Waals surface area contributed by atoms with Crippen LogP contribution in [-0.4, -0.2) is 6.18 Å². The summed E-state index contributed by atoms with van der Waals surface area (Å²) in [6, 6.07) is 0. The zero-order valence-corrected chi connectivity index (χ0v) is 3.39. The molecule has 0 aromatic rings. The van der Waals surface area contributed by atoms with E-state index in [2.05, 4.69) is 0 Å². The average Bonchev–Trinajstić information content (AvgIpc) is 1.62. The van der Waals surface area contributed by atoms with Gasteiger partial charge in [0.25, 0.3) is 0 Å². The Balaban J connectivity index is 4.03. The van der Waals surface area contributed by atoms with Crippen molar-refractivity contribution in [3.63, 3.8) is 0 Å². The van der Waals surface area contributed by atoms with Gasteiger partial charge in [-0.15, -0.1) is 0 Å². The van der Waals surface area contributed by atoms with Gasteiger partial charge in [0.15, 0.2) is 0 Å². The molecular weight excluding hydrogens is 131 g/mol. The second-order valence-electron chi connectivity index (χ2n) is 0.906. The molecule has 0 aromatic heterocycles. The molecular formula is C3F5-. The number of hydrogen-bond acceptors (Lipinski definition) is 0. The first-order valence-corrected chi connectivity index (χ1v) is 1.44. The Kier molecular flexibility index (Phi) is 1.94. The molecule has 0 aliphatic carbocycles. The van der Waals surface area contributed by atoms with Crippen LogP contribution in [0.2, 0.25) is 0 Å². The summed E-state index contributed by atoms with van der Waals surface area (Å²) in [7, 11) is 0. The van der Waals surface area contributed by atoms with Gasteiger partial charge in [0.05, 0.1) is 5.83 Å². The van der Waals surface area contributed by atoms with Crippen molar-refractivity contribution in [3.05, 3.63) is 12.2 Å². The molecule has 0 saturated heterocycles. The molecule has 0 radical (unpaired) electrons. The van der Waals surface area contributed by atoms with Crippen molar-refractivity contribution >= 4 is 0 Å². The summed E-state index contributed by atoms with van der Waals surface area (Å²) in [5, 5.41) is 0. The highest BCUT2D eigenvalue weighted by atomic mass is 19.4. The molecule has 0 nitrogen and oxygen atoms in total. The molecule has 0 bridgehead atoms. The van der Waals surface area contributed by atoms with Crippen LogP contribution in [0.5, 0.6) is 0 Å². The van der Waals surface area contributed by atoms with E-state index in [0.29, 0.717) is 0 Å². The predicted octanol–water partition coefficient (Wildman–Crippen LogP) is 2.13. The van der Waals surface area contributed by atoms with Gasteiger partial charge in [-0.1, -0.05) is 0 Å². The van der Waals surface area contributed by atoms with E-state index in [4.69, 9.17) is 0 Å². The SMILES string of the molecule is F[C-]=C(F)C(F)(F)F. The molecule has 0 saturated carbocycles. The van der Waals surface area contributed by atoms with Gasteiger partial charge in [-0.2, -0.15) is 13.2 Å². The Morgan fingerprint density at radius 3 is 1.62 bits per heavy atom. The van der Waals surface area contributed by atoms with E-state index >= 15 is 0 Å². The van der Waals surface area contributed by atoms with Gasteiger partial charge in [-0.25, -0.2) is 4.39 Å². The second kappa shape index (κ2) is 2.11. The third kappa shape index (κ3) is 1.90. The van der Waals surface area contributed by atoms with Gasteiger partial charge >= 0.3 is 6.18 Å². The summed E-state index contributed by atoms with van der Waals surface area (Å²) in [6.45, 7) is 0. The molecule has 0 spiro atoms. The van der Waals surface area contributed by atoms with E-state index in [1.54, 1.807) is 0 Å². The van der Waals surface area contributed by atoms with Crippen molar-refractivity contribution in [1.82, 2.24) is 0 Å². The number of rotatable bonds is 0. The van der Waals surface area contributed by atoms with E-state index < -0.39 is 12.0 Å². The summed E-state index contributed by atoms with van der Waals surface area (Å²) in [5.74, 6) is -2.84. The van der Waals surface area contributed by atoms with Crippen molar-refractivity contribution in [1.29, 1.82) is 0 Å². The molecule has 48 valence electrons. The minimum Gasteiger partial charge on any atom is -0.455 e. The fourth-order valence-corrected chi connectivity index (χ4v) is 0.0536. The van der Waals surface area contributed by atoms with Crippen LogP contribution in [0, 0.1) is 6.33 Å². The minimum atomic E-state index is -5.23. The molecule has 0 heterocycles. The first kappa shape index (κ1) is 7.39. The van der Waals surface area contributed by atoms with Crippen LogP contribution in [0.1, 0.15) is 0 Å². The van der Waals surface area contributed by atoms with Gasteiger partial charge in [0.1, 0.15) is 0 Å². The predicted molar refractivity (Wildman–Crippen MR) is 15.0 cm³/mol. The maximum atomic E-state index is 10.9. The van der Waals surface area contributed by atoms with Crippen molar-refractivity contribution in [2.45, 2.75) is 6.18 Å². The lowest BCUT2D eigenvalue weighted by molar-refractivity contribution is -0.110. The Morgan fingerprint density at radius 2 is 1.62 bits per heavy atom. The monoisotopic (exact) mass is 131 g/mol. The molecule has 0 rings (SSSR count). The second-order valence-corrected chi connectivity index (χ2v) is 0.906. The highest BCUT2D eigenvalue weighted by Gasteiger charge is 2.27. The third-order valence-electron chi connectivity index (χ3n) is 0.332. The standard InChI is InChI=1S/C3F5/c4-1-2(5)3(6,7)8/q-1. The van der Waals surface area contributed by atoms with Crippen LogP contribution in [0.25, 0.3) is 0 Å². The van der Waals surface area contributed by atoms with E-state index in [-0.39, 0.29) is 6.33 Å². The Morgan fingerprint density at radius 1 is 1.25 bits per heavy atom. The zero-order chi connectivity index (χ0) is 6.78. The molecule has 0 unspecified atom stereocenters. The number of hydrogen-bond donors (Lipinski definition) is 0. The molecule has 0 aliphatic rings. The van der Waals surface area contributed by atoms with E-state index in [9.17, 15) is 22.0 Å². The van der Waals surface area contributed by atoms with Gasteiger partial charge in [-0.3, -0.25) is 6.33 Å². The zero-order valence-electron chi connectivity index (χ0n) is 3.39. The molecule has 0 amide bonds. The fourth-order valence-electron chi connectivity index (χ4n) is 0.0536. The lowest BCUT2D eigenvalue weighted by Gasteiger charge is -2.06. The largest absolute Gasteiger partial charge is 0.455 e. The molecule has 8 heavy (non-hydrogen) atoms. The summed E-state index contributed by atoms with van der Waals surface area (Å²) < 4.78 is 53.6. The molecule has 0 aliphatic heterocycles. The van der Waals surface area contributed by atoms with Crippen molar-refractivity contribution in [3.8, 4) is 0 Å². The smallest absolute Gasteiger partial charge is 0.411 e. The van der Waals surface area contributed by atoms with Crippen molar-refractivity contribution in [2.75, 3.05) is 0 Å². The normalized spacial score (nSPS) is 14.4. The van der Waals surface area contributed by atoms with Gasteiger partial charge in [0, 0.05) is 0 Å². The highest BCUT2D eigenvalue weighted by molar-refractivity contribution is 4.88. The lowest BCUT2D eigenvalue weighted by atomic mass is 10.6. The Bertz CT molecular complexity index is 98.7. The summed E-state index contributed by atoms with van der Waals surface area (Å²) >= 11 is 0. The highest BCUT2D eigenvalue weighted by Crippen LogP contribution is 2.25. The Labute approximate surface area is 41.6 Å². The first-order chi connectivity index (χ1) is 3.48. The lowest BCUT2D eigenvalue weighted by Crippen LogP contribution is -2.06. The van der Waals surface area contributed by atoms with Gasteiger partial charge < -0.3 is 4.39 Å². The maximum Gasteiger partial charge on any atom is 0.411 e. The topological polar surface area (TPSA) is 0 Å². The summed E-state index contributed by atoms with van der Waals surface area (Å²) in [4.78, 5) is 0. The number of alkyl halides is 3. The number of halogens is 5. The first-order valence-electron chi connectivity index (χ1n) is 1.44.